The zero-order valence-corrected chi connectivity index (χ0v) is 20.7. The predicted molar refractivity (Wildman–Crippen MR) is 135 cm³/mol. The minimum Gasteiger partial charge on any atom is -0.508 e. The number of nitrogens with one attached hydrogen (secondary N) is 1. The Morgan fingerprint density at radius 1 is 1.22 bits per heavy atom. The molecule has 8 heteroatoms. The number of aromatic nitrogens is 1. The van der Waals surface area contributed by atoms with E-state index in [9.17, 15) is 9.90 Å². The molecule has 0 aliphatic carbocycles. The van der Waals surface area contributed by atoms with E-state index in [2.05, 4.69) is 21.4 Å². The normalized spacial score (nSPS) is 24.0. The van der Waals surface area contributed by atoms with Crippen LogP contribution in [0.3, 0.4) is 0 Å². The number of methoxy groups -OCH3 is 1. The minimum absolute atomic E-state index is 0.0276. The van der Waals surface area contributed by atoms with Crippen molar-refractivity contribution < 1.29 is 19.0 Å². The summed E-state index contributed by atoms with van der Waals surface area (Å²) < 4.78 is 20.8. The van der Waals surface area contributed by atoms with Gasteiger partial charge in [-0.2, -0.15) is 0 Å². The first-order valence-electron chi connectivity index (χ1n) is 12.5. The van der Waals surface area contributed by atoms with E-state index in [1.807, 2.05) is 19.1 Å². The number of phenolic OH excluding ortho intramolecular Hbond substituents is 1. The van der Waals surface area contributed by atoms with Gasteiger partial charge in [-0.1, -0.05) is 18.7 Å². The maximum atomic E-state index is 15.6. The highest BCUT2D eigenvalue weighted by molar-refractivity contribution is 5.94. The molecule has 3 aliphatic rings. The van der Waals surface area contributed by atoms with Gasteiger partial charge >= 0.3 is 0 Å². The van der Waals surface area contributed by atoms with E-state index in [1.165, 1.54) is 20.0 Å². The molecule has 188 valence electrons. The van der Waals surface area contributed by atoms with Crippen LogP contribution in [0.5, 0.6) is 11.5 Å². The van der Waals surface area contributed by atoms with Gasteiger partial charge in [-0.15, -0.1) is 0 Å². The van der Waals surface area contributed by atoms with E-state index in [4.69, 9.17) is 4.74 Å². The molecule has 1 amide bonds. The molecular formula is C28H31FN4O3. The number of aromatic amines is 1. The molecule has 2 atom stereocenters. The Morgan fingerprint density at radius 2 is 2.00 bits per heavy atom. The number of halogens is 1. The molecule has 2 aromatic carbocycles. The Bertz CT molecular complexity index is 1380. The summed E-state index contributed by atoms with van der Waals surface area (Å²) in [7, 11) is 1.45. The molecule has 0 bridgehead atoms. The minimum atomic E-state index is -0.949. The Morgan fingerprint density at radius 3 is 2.72 bits per heavy atom. The van der Waals surface area contributed by atoms with Crippen molar-refractivity contribution in [3.05, 3.63) is 71.4 Å². The molecule has 2 fully saturated rings. The number of fused-ring (bicyclic) bond motifs is 4. The van der Waals surface area contributed by atoms with Crippen LogP contribution in [-0.4, -0.2) is 69.5 Å². The quantitative estimate of drug-likeness (QED) is 0.563. The molecule has 0 saturated carbocycles. The van der Waals surface area contributed by atoms with Crippen molar-refractivity contribution in [3.8, 4) is 11.5 Å². The number of ether oxygens (including phenoxy) is 1. The maximum Gasteiger partial charge on any atom is 0.254 e. The summed E-state index contributed by atoms with van der Waals surface area (Å²) in [5, 5.41) is 10.8. The molecule has 0 unspecified atom stereocenters. The second-order valence-electron chi connectivity index (χ2n) is 10.3. The van der Waals surface area contributed by atoms with Crippen molar-refractivity contribution in [2.24, 2.45) is 0 Å². The highest BCUT2D eigenvalue weighted by atomic mass is 19.1. The smallest absolute Gasteiger partial charge is 0.254 e. The molecule has 0 radical (unpaired) electrons. The van der Waals surface area contributed by atoms with E-state index < -0.39 is 17.4 Å². The standard InChI is InChI=1S/C28H31FN4O3/c1-17-32(14-13-31-11-4-5-12-31)27(35)28(2)16-20-23-21(9-10-22(36-3)24(23)29)30-25(20)26(33(17)28)18-7-6-8-19(34)15-18/h6-10,15,26,30,34H,1,4-5,11-14,16H2,2-3H3/t26-,28+/m1/s1. The summed E-state index contributed by atoms with van der Waals surface area (Å²) in [4.78, 5) is 23.7. The van der Waals surface area contributed by atoms with Crippen molar-refractivity contribution in [3.63, 3.8) is 0 Å². The fraction of sp³-hybridized carbons (Fsp3) is 0.393. The summed E-state index contributed by atoms with van der Waals surface area (Å²) in [6.07, 6.45) is 2.71. The van der Waals surface area contributed by atoms with Crippen LogP contribution >= 0.6 is 0 Å². The summed E-state index contributed by atoms with van der Waals surface area (Å²) in [5.41, 5.74) is 2.07. The van der Waals surface area contributed by atoms with Crippen LogP contribution in [0.1, 0.15) is 42.6 Å². The molecule has 6 rings (SSSR count). The lowest BCUT2D eigenvalue weighted by atomic mass is 9.81. The van der Waals surface area contributed by atoms with Crippen molar-refractivity contribution in [1.29, 1.82) is 0 Å². The first-order valence-corrected chi connectivity index (χ1v) is 12.5. The molecule has 1 aromatic heterocycles. The lowest BCUT2D eigenvalue weighted by Crippen LogP contribution is -2.52. The summed E-state index contributed by atoms with van der Waals surface area (Å²) >= 11 is 0. The number of hydrogen-bond acceptors (Lipinski definition) is 5. The van der Waals surface area contributed by atoms with Gasteiger partial charge in [0.15, 0.2) is 11.6 Å². The monoisotopic (exact) mass is 490 g/mol. The summed E-state index contributed by atoms with van der Waals surface area (Å²) in [6.45, 7) is 9.76. The van der Waals surface area contributed by atoms with Gasteiger partial charge in [0.25, 0.3) is 5.91 Å². The second-order valence-corrected chi connectivity index (χ2v) is 10.3. The number of rotatable bonds is 5. The number of benzene rings is 2. The highest BCUT2D eigenvalue weighted by Gasteiger charge is 2.57. The lowest BCUT2D eigenvalue weighted by molar-refractivity contribution is -0.133. The molecule has 2 saturated heterocycles. The van der Waals surface area contributed by atoms with Crippen LogP contribution in [0, 0.1) is 5.82 Å². The van der Waals surface area contributed by atoms with Crippen LogP contribution in [-0.2, 0) is 11.2 Å². The van der Waals surface area contributed by atoms with E-state index in [-0.39, 0.29) is 17.4 Å². The number of aromatic hydroxyl groups is 1. The topological polar surface area (TPSA) is 72.0 Å². The van der Waals surface area contributed by atoms with E-state index >= 15 is 4.39 Å². The molecule has 4 heterocycles. The summed E-state index contributed by atoms with van der Waals surface area (Å²) in [5.74, 6) is 0.472. The van der Waals surface area contributed by atoms with Gasteiger partial charge in [-0.05, 0) is 68.2 Å². The van der Waals surface area contributed by atoms with Gasteiger partial charge in [-0.3, -0.25) is 9.69 Å². The van der Waals surface area contributed by atoms with Crippen molar-refractivity contribution >= 4 is 16.8 Å². The number of phenols is 1. The largest absolute Gasteiger partial charge is 0.508 e. The fourth-order valence-corrected chi connectivity index (χ4v) is 6.37. The van der Waals surface area contributed by atoms with Crippen molar-refractivity contribution in [1.82, 2.24) is 19.7 Å². The highest BCUT2D eigenvalue weighted by Crippen LogP contribution is 2.51. The van der Waals surface area contributed by atoms with Crippen LogP contribution < -0.4 is 4.74 Å². The number of nitrogens with zero attached hydrogens (tertiary/aromatic N) is 3. The number of carbonyl (C=O) groups is 1. The molecule has 3 aromatic rings. The molecule has 7 nitrogen and oxygen atoms in total. The zero-order chi connectivity index (χ0) is 25.2. The number of amides is 1. The van der Waals surface area contributed by atoms with Crippen molar-refractivity contribution in [2.75, 3.05) is 33.3 Å². The maximum absolute atomic E-state index is 15.6. The SMILES string of the molecule is C=C1N(CCN2CCCC2)C(=O)[C@]2(C)Cc3c([nH]c4ccc(OC)c(F)c34)[C@@H](c3cccc(O)c3)N12. The average molecular weight is 491 g/mol. The van der Waals surface area contributed by atoms with Crippen LogP contribution in [0.2, 0.25) is 0 Å². The Hall–Kier alpha value is -3.52. The van der Waals surface area contributed by atoms with Crippen LogP contribution in [0.25, 0.3) is 10.9 Å². The number of hydrogen-bond donors (Lipinski definition) is 2. The van der Waals surface area contributed by atoms with E-state index in [0.717, 1.165) is 36.5 Å². The number of carbonyl (C=O) groups excluding carboxylic acids is 1. The zero-order valence-electron chi connectivity index (χ0n) is 20.7. The Labute approximate surface area is 209 Å². The van der Waals surface area contributed by atoms with Gasteiger partial charge in [0.1, 0.15) is 17.1 Å². The Kier molecular flexibility index (Phi) is 5.26. The lowest BCUT2D eigenvalue weighted by Gasteiger charge is -2.44. The molecule has 3 aliphatic heterocycles. The molecule has 0 spiro atoms. The van der Waals surface area contributed by atoms with Gasteiger partial charge < -0.3 is 24.6 Å². The third kappa shape index (κ3) is 3.24. The Balaban J connectivity index is 1.50. The van der Waals surface area contributed by atoms with Gasteiger partial charge in [0.2, 0.25) is 0 Å². The van der Waals surface area contributed by atoms with Crippen LogP contribution in [0.15, 0.2) is 48.8 Å². The molecule has 2 N–H and O–H groups in total. The van der Waals surface area contributed by atoms with Gasteiger partial charge in [-0.25, -0.2) is 4.39 Å². The van der Waals surface area contributed by atoms with Crippen molar-refractivity contribution in [2.45, 2.75) is 37.8 Å². The second kappa shape index (κ2) is 8.27. The first-order chi connectivity index (χ1) is 17.3. The van der Waals surface area contributed by atoms with E-state index in [1.54, 1.807) is 29.2 Å². The van der Waals surface area contributed by atoms with Crippen LogP contribution in [0.4, 0.5) is 4.39 Å². The third-order valence-corrected chi connectivity index (χ3v) is 8.13. The van der Waals surface area contributed by atoms with E-state index in [0.29, 0.717) is 29.7 Å². The molecule has 36 heavy (non-hydrogen) atoms. The predicted octanol–water partition coefficient (Wildman–Crippen LogP) is 4.14. The first kappa shape index (κ1) is 22.9. The number of likely N-dealkylation sites (tertiary alicyclic amines) is 1. The molecular weight excluding hydrogens is 459 g/mol. The fourth-order valence-electron chi connectivity index (χ4n) is 6.37. The average Bonchev–Trinajstić information content (AvgIpc) is 3.54. The summed E-state index contributed by atoms with van der Waals surface area (Å²) in [6, 6.07) is 10.00. The third-order valence-electron chi connectivity index (χ3n) is 8.13. The van der Waals surface area contributed by atoms with Gasteiger partial charge in [0, 0.05) is 36.1 Å². The number of H-pyrrole nitrogens is 1. The van der Waals surface area contributed by atoms with Gasteiger partial charge in [0.05, 0.1) is 13.2 Å².